The standard InChI is InChI=1S/C73H126O5/c1-3-5-7-9-11-13-15-17-19-21-23-25-27-28-29-30-31-32-33-34-35-36-37-38-39-40-41-42-43-44-46-48-50-52-54-56-58-60-62-64-66-68-73(76)78-71(69-74)70-77-72(75)67-65-63-61-59-57-55-53-51-49-47-45-26-24-22-20-18-16-14-12-10-8-6-4-2/h5,7,11,13,17,19,23,25,28-29,31-32,34-35,37-38,40-41,71,74H,3-4,6,8-10,12,14-16,18,20-22,24,26-27,30,33,36,39,42-70H2,1-2H3/b7-5-,13-11-,19-17-,25-23-,29-28-,32-31-,35-34-,38-37-,41-40-. The Morgan fingerprint density at radius 1 is 0.308 bits per heavy atom. The number of allylic oxidation sites excluding steroid dienone is 18. The minimum atomic E-state index is -0.777. The van der Waals surface area contributed by atoms with E-state index in [1.165, 1.54) is 199 Å². The molecule has 0 saturated carbocycles. The maximum absolute atomic E-state index is 12.4. The number of carbonyl (C=O) groups is 2. The topological polar surface area (TPSA) is 72.8 Å². The smallest absolute Gasteiger partial charge is 0.306 e. The van der Waals surface area contributed by atoms with Crippen molar-refractivity contribution in [3.63, 3.8) is 0 Å². The minimum Gasteiger partial charge on any atom is -0.462 e. The molecule has 0 spiro atoms. The number of aliphatic hydroxyl groups excluding tert-OH is 1. The zero-order chi connectivity index (χ0) is 56.2. The molecule has 1 N–H and O–H groups in total. The molecule has 1 unspecified atom stereocenters. The summed E-state index contributed by atoms with van der Waals surface area (Å²) in [5, 5.41) is 9.69. The zero-order valence-corrected chi connectivity index (χ0v) is 51.4. The van der Waals surface area contributed by atoms with Crippen LogP contribution in [0.5, 0.6) is 0 Å². The summed E-state index contributed by atoms with van der Waals surface area (Å²) in [4.78, 5) is 24.6. The largest absolute Gasteiger partial charge is 0.462 e. The van der Waals surface area contributed by atoms with Crippen molar-refractivity contribution in [2.24, 2.45) is 0 Å². The van der Waals surface area contributed by atoms with Crippen LogP contribution >= 0.6 is 0 Å². The fourth-order valence-electron chi connectivity index (χ4n) is 9.61. The second kappa shape index (κ2) is 67.8. The van der Waals surface area contributed by atoms with Crippen LogP contribution in [0, 0.1) is 0 Å². The maximum atomic E-state index is 12.4. The summed E-state index contributed by atoms with van der Waals surface area (Å²) in [6.07, 6.45) is 98.1. The van der Waals surface area contributed by atoms with Crippen molar-refractivity contribution in [3.05, 3.63) is 109 Å². The van der Waals surface area contributed by atoms with Gasteiger partial charge in [0, 0.05) is 12.8 Å². The van der Waals surface area contributed by atoms with Gasteiger partial charge in [0.15, 0.2) is 6.10 Å². The van der Waals surface area contributed by atoms with Gasteiger partial charge in [-0.1, -0.05) is 335 Å². The van der Waals surface area contributed by atoms with Gasteiger partial charge in [0.2, 0.25) is 0 Å². The quantitative estimate of drug-likeness (QED) is 0.0373. The first kappa shape index (κ1) is 74.6. The number of hydrogen-bond donors (Lipinski definition) is 1. The van der Waals surface area contributed by atoms with Gasteiger partial charge in [-0.05, 0) is 83.5 Å². The fraction of sp³-hybridized carbons (Fsp3) is 0.726. The van der Waals surface area contributed by atoms with Crippen molar-refractivity contribution in [2.75, 3.05) is 13.2 Å². The summed E-state index contributed by atoms with van der Waals surface area (Å²) in [5.41, 5.74) is 0. The predicted octanol–water partition coefficient (Wildman–Crippen LogP) is 23.2. The second-order valence-electron chi connectivity index (χ2n) is 22.2. The lowest BCUT2D eigenvalue weighted by atomic mass is 10.0. The van der Waals surface area contributed by atoms with Gasteiger partial charge < -0.3 is 14.6 Å². The Bertz CT molecular complexity index is 1510. The van der Waals surface area contributed by atoms with Crippen LogP contribution in [0.2, 0.25) is 0 Å². The number of carbonyl (C=O) groups excluding carboxylic acids is 2. The first-order chi connectivity index (χ1) is 38.6. The van der Waals surface area contributed by atoms with Gasteiger partial charge in [0.25, 0.3) is 0 Å². The average Bonchev–Trinajstić information content (AvgIpc) is 3.44. The molecule has 0 radical (unpaired) electrons. The molecular formula is C73H126O5. The van der Waals surface area contributed by atoms with Crippen LogP contribution in [-0.4, -0.2) is 36.4 Å². The lowest BCUT2D eigenvalue weighted by molar-refractivity contribution is -0.161. The SMILES string of the molecule is CC/C=C\C/C=C\C/C=C\C/C=C\C/C=C\C/C=C\C/C=C\C/C=C\C/C=C\CCCCCCCCCCCCCCCC(=O)OC(CO)COC(=O)CCCCCCCCCCCCCCCCCCCCCCCCC. The van der Waals surface area contributed by atoms with Gasteiger partial charge in [0.1, 0.15) is 6.61 Å². The summed E-state index contributed by atoms with van der Waals surface area (Å²) >= 11 is 0. The van der Waals surface area contributed by atoms with E-state index in [-0.39, 0.29) is 25.2 Å². The highest BCUT2D eigenvalue weighted by Gasteiger charge is 2.16. The number of aliphatic hydroxyl groups is 1. The number of rotatable bonds is 61. The molecule has 0 aliphatic carbocycles. The van der Waals surface area contributed by atoms with Gasteiger partial charge in [0.05, 0.1) is 6.61 Å². The van der Waals surface area contributed by atoms with Gasteiger partial charge in [-0.15, -0.1) is 0 Å². The van der Waals surface area contributed by atoms with Crippen molar-refractivity contribution in [1.29, 1.82) is 0 Å². The molecule has 0 bridgehead atoms. The number of ether oxygens (including phenoxy) is 2. The van der Waals surface area contributed by atoms with Gasteiger partial charge >= 0.3 is 11.9 Å². The van der Waals surface area contributed by atoms with Crippen molar-refractivity contribution >= 4 is 11.9 Å². The molecule has 0 fully saturated rings. The van der Waals surface area contributed by atoms with Crippen LogP contribution in [0.3, 0.4) is 0 Å². The van der Waals surface area contributed by atoms with E-state index < -0.39 is 6.10 Å². The Labute approximate surface area is 484 Å². The van der Waals surface area contributed by atoms with Crippen molar-refractivity contribution in [1.82, 2.24) is 0 Å². The molecule has 0 amide bonds. The summed E-state index contributed by atoms with van der Waals surface area (Å²) in [6, 6.07) is 0. The molecule has 0 aromatic heterocycles. The highest BCUT2D eigenvalue weighted by Crippen LogP contribution is 2.17. The second-order valence-corrected chi connectivity index (χ2v) is 22.2. The summed E-state index contributed by atoms with van der Waals surface area (Å²) in [6.45, 7) is 4.06. The van der Waals surface area contributed by atoms with Crippen LogP contribution in [0.15, 0.2) is 109 Å². The number of hydrogen-bond acceptors (Lipinski definition) is 5. The van der Waals surface area contributed by atoms with E-state index in [0.717, 1.165) is 96.3 Å². The molecule has 0 rings (SSSR count). The molecule has 0 saturated heterocycles. The van der Waals surface area contributed by atoms with Crippen LogP contribution in [-0.2, 0) is 19.1 Å². The van der Waals surface area contributed by atoms with E-state index in [9.17, 15) is 14.7 Å². The van der Waals surface area contributed by atoms with E-state index >= 15 is 0 Å². The van der Waals surface area contributed by atoms with Crippen LogP contribution < -0.4 is 0 Å². The summed E-state index contributed by atoms with van der Waals surface area (Å²) < 4.78 is 10.7. The highest BCUT2D eigenvalue weighted by atomic mass is 16.6. The molecule has 0 heterocycles. The molecule has 78 heavy (non-hydrogen) atoms. The first-order valence-corrected chi connectivity index (χ1v) is 33.4. The zero-order valence-electron chi connectivity index (χ0n) is 51.4. The molecule has 1 atom stereocenters. The molecular weight excluding hydrogens is 957 g/mol. The van der Waals surface area contributed by atoms with Crippen LogP contribution in [0.1, 0.15) is 322 Å². The third-order valence-corrected chi connectivity index (χ3v) is 14.6. The van der Waals surface area contributed by atoms with Gasteiger partial charge in [-0.3, -0.25) is 9.59 Å². The van der Waals surface area contributed by atoms with E-state index in [2.05, 4.69) is 123 Å². The Kier molecular flexibility index (Phi) is 64.8. The third kappa shape index (κ3) is 65.1. The third-order valence-electron chi connectivity index (χ3n) is 14.6. The Morgan fingerprint density at radius 3 is 0.833 bits per heavy atom. The van der Waals surface area contributed by atoms with E-state index in [0.29, 0.717) is 12.8 Å². The van der Waals surface area contributed by atoms with E-state index in [1.54, 1.807) is 0 Å². The number of esters is 2. The normalized spacial score (nSPS) is 12.9. The lowest BCUT2D eigenvalue weighted by Gasteiger charge is -2.15. The minimum absolute atomic E-state index is 0.0656. The monoisotopic (exact) mass is 1080 g/mol. The Hall–Kier alpha value is -3.44. The van der Waals surface area contributed by atoms with E-state index in [4.69, 9.17) is 9.47 Å². The molecule has 448 valence electrons. The van der Waals surface area contributed by atoms with Gasteiger partial charge in [-0.25, -0.2) is 0 Å². The Balaban J connectivity index is 3.50. The Morgan fingerprint density at radius 2 is 0.551 bits per heavy atom. The highest BCUT2D eigenvalue weighted by molar-refractivity contribution is 5.70. The lowest BCUT2D eigenvalue weighted by Crippen LogP contribution is -2.28. The molecule has 0 aromatic carbocycles. The van der Waals surface area contributed by atoms with Gasteiger partial charge in [-0.2, -0.15) is 0 Å². The molecule has 0 aromatic rings. The van der Waals surface area contributed by atoms with E-state index in [1.807, 2.05) is 0 Å². The van der Waals surface area contributed by atoms with Crippen molar-refractivity contribution in [3.8, 4) is 0 Å². The molecule has 5 heteroatoms. The summed E-state index contributed by atoms with van der Waals surface area (Å²) in [5.74, 6) is -0.580. The van der Waals surface area contributed by atoms with Crippen molar-refractivity contribution < 1.29 is 24.2 Å². The molecule has 0 aliphatic rings. The van der Waals surface area contributed by atoms with Crippen molar-refractivity contribution in [2.45, 2.75) is 328 Å². The molecule has 5 nitrogen and oxygen atoms in total. The first-order valence-electron chi connectivity index (χ1n) is 33.4. The van der Waals surface area contributed by atoms with Crippen LogP contribution in [0.4, 0.5) is 0 Å². The predicted molar refractivity (Wildman–Crippen MR) is 343 cm³/mol. The fourth-order valence-corrected chi connectivity index (χ4v) is 9.61. The average molecular weight is 1080 g/mol. The number of unbranched alkanes of at least 4 members (excludes halogenated alkanes) is 35. The summed E-state index contributed by atoms with van der Waals surface area (Å²) in [7, 11) is 0. The molecule has 0 aliphatic heterocycles. The maximum Gasteiger partial charge on any atom is 0.306 e. The van der Waals surface area contributed by atoms with Crippen LogP contribution in [0.25, 0.3) is 0 Å².